The lowest BCUT2D eigenvalue weighted by Gasteiger charge is -2.29. The number of methoxy groups -OCH3 is 3. The number of benzene rings is 2. The van der Waals surface area contributed by atoms with Crippen LogP contribution in [0.5, 0.6) is 17.2 Å². The predicted molar refractivity (Wildman–Crippen MR) is 102 cm³/mol. The lowest BCUT2D eigenvalue weighted by molar-refractivity contribution is 0.0698. The van der Waals surface area contributed by atoms with Crippen molar-refractivity contribution in [1.29, 1.82) is 5.26 Å². The minimum atomic E-state index is -0.174. The number of nitriles is 1. The van der Waals surface area contributed by atoms with Gasteiger partial charge in [0.25, 0.3) is 5.91 Å². The number of nitrogens with zero attached hydrogens (tertiary/aromatic N) is 2. The van der Waals surface area contributed by atoms with E-state index in [1.165, 1.54) is 21.3 Å². The van der Waals surface area contributed by atoms with Gasteiger partial charge in [-0.15, -0.1) is 0 Å². The van der Waals surface area contributed by atoms with Gasteiger partial charge in [-0.05, 0) is 31.5 Å². The molecule has 6 nitrogen and oxygen atoms in total. The zero-order valence-corrected chi connectivity index (χ0v) is 16.3. The Morgan fingerprint density at radius 1 is 1.04 bits per heavy atom. The maximum atomic E-state index is 13.3. The fourth-order valence-corrected chi connectivity index (χ4v) is 2.96. The van der Waals surface area contributed by atoms with Crippen LogP contribution in [0.2, 0.25) is 0 Å². The summed E-state index contributed by atoms with van der Waals surface area (Å²) >= 11 is 0. The van der Waals surface area contributed by atoms with Gasteiger partial charge in [-0.1, -0.05) is 12.1 Å². The van der Waals surface area contributed by atoms with Crippen molar-refractivity contribution in [3.05, 3.63) is 53.1 Å². The van der Waals surface area contributed by atoms with E-state index >= 15 is 0 Å². The molecule has 0 aliphatic rings. The fourth-order valence-electron chi connectivity index (χ4n) is 2.96. The van der Waals surface area contributed by atoms with Crippen molar-refractivity contribution in [2.75, 3.05) is 27.9 Å². The Labute approximate surface area is 159 Å². The quantitative estimate of drug-likeness (QED) is 0.743. The third-order valence-corrected chi connectivity index (χ3v) is 4.53. The zero-order chi connectivity index (χ0) is 20.0. The molecule has 0 bridgehead atoms. The summed E-state index contributed by atoms with van der Waals surface area (Å²) in [5.41, 5.74) is 1.93. The van der Waals surface area contributed by atoms with E-state index in [1.807, 2.05) is 26.0 Å². The van der Waals surface area contributed by atoms with Gasteiger partial charge in [0.1, 0.15) is 5.75 Å². The van der Waals surface area contributed by atoms with E-state index in [9.17, 15) is 4.79 Å². The topological polar surface area (TPSA) is 71.8 Å². The van der Waals surface area contributed by atoms with E-state index in [4.69, 9.17) is 19.5 Å². The van der Waals surface area contributed by atoms with Gasteiger partial charge in [0.05, 0.1) is 44.6 Å². The highest BCUT2D eigenvalue weighted by molar-refractivity contribution is 5.98. The summed E-state index contributed by atoms with van der Waals surface area (Å²) in [6.45, 7) is 4.39. The molecule has 0 radical (unpaired) electrons. The standard InChI is InChI=1S/C21H24N2O4/c1-6-23(14(2)16-9-7-15(13-22)8-10-16)21(24)17-11-19(26-4)20(27-5)12-18(17)25-3/h7-12,14H,6H2,1-5H3. The molecule has 142 valence electrons. The number of hydrogen-bond donors (Lipinski definition) is 0. The molecule has 1 amide bonds. The normalized spacial score (nSPS) is 11.3. The Balaban J connectivity index is 2.42. The Morgan fingerprint density at radius 2 is 1.59 bits per heavy atom. The van der Waals surface area contributed by atoms with Crippen LogP contribution in [0.3, 0.4) is 0 Å². The lowest BCUT2D eigenvalue weighted by atomic mass is 10.0. The molecule has 0 N–H and O–H groups in total. The number of hydrogen-bond acceptors (Lipinski definition) is 5. The highest BCUT2D eigenvalue weighted by Crippen LogP contribution is 2.36. The fraction of sp³-hybridized carbons (Fsp3) is 0.333. The summed E-state index contributed by atoms with van der Waals surface area (Å²) in [7, 11) is 4.57. The molecule has 2 aromatic carbocycles. The summed E-state index contributed by atoms with van der Waals surface area (Å²) in [6, 6.07) is 12.4. The third-order valence-electron chi connectivity index (χ3n) is 4.53. The predicted octanol–water partition coefficient (Wildman–Crippen LogP) is 3.81. The molecule has 6 heteroatoms. The maximum absolute atomic E-state index is 13.3. The van der Waals surface area contributed by atoms with Gasteiger partial charge < -0.3 is 19.1 Å². The highest BCUT2D eigenvalue weighted by atomic mass is 16.5. The van der Waals surface area contributed by atoms with Gasteiger partial charge in [0, 0.05) is 18.7 Å². The molecule has 0 aliphatic heterocycles. The molecule has 0 saturated carbocycles. The van der Waals surface area contributed by atoms with Crippen LogP contribution in [0.4, 0.5) is 0 Å². The molecular weight excluding hydrogens is 344 g/mol. The molecule has 0 aromatic heterocycles. The molecular formula is C21H24N2O4. The van der Waals surface area contributed by atoms with Crippen LogP contribution in [0.15, 0.2) is 36.4 Å². The molecule has 2 aromatic rings. The summed E-state index contributed by atoms with van der Waals surface area (Å²) < 4.78 is 16.0. The number of ether oxygens (including phenoxy) is 3. The van der Waals surface area contributed by atoms with Crippen molar-refractivity contribution in [3.63, 3.8) is 0 Å². The summed E-state index contributed by atoms with van der Waals surface area (Å²) in [5.74, 6) is 1.20. The molecule has 0 heterocycles. The van der Waals surface area contributed by atoms with Crippen LogP contribution >= 0.6 is 0 Å². The first-order valence-electron chi connectivity index (χ1n) is 8.61. The Hall–Kier alpha value is -3.20. The first kappa shape index (κ1) is 20.1. The average Bonchev–Trinajstić information content (AvgIpc) is 2.72. The van der Waals surface area contributed by atoms with Gasteiger partial charge >= 0.3 is 0 Å². The minimum absolute atomic E-state index is 0.173. The van der Waals surface area contributed by atoms with Crippen LogP contribution in [0.25, 0.3) is 0 Å². The molecule has 1 atom stereocenters. The average molecular weight is 368 g/mol. The second kappa shape index (κ2) is 8.95. The monoisotopic (exact) mass is 368 g/mol. The van der Waals surface area contributed by atoms with E-state index in [0.29, 0.717) is 34.9 Å². The van der Waals surface area contributed by atoms with Gasteiger partial charge in [-0.2, -0.15) is 5.26 Å². The summed E-state index contributed by atoms with van der Waals surface area (Å²) in [5, 5.41) is 8.96. The Morgan fingerprint density at radius 3 is 2.07 bits per heavy atom. The molecule has 0 spiro atoms. The van der Waals surface area contributed by atoms with Crippen LogP contribution in [0.1, 0.15) is 41.4 Å². The Bertz CT molecular complexity index is 840. The van der Waals surface area contributed by atoms with Crippen LogP contribution < -0.4 is 14.2 Å². The second-order valence-electron chi connectivity index (χ2n) is 5.91. The Kier molecular flexibility index (Phi) is 6.67. The van der Waals surface area contributed by atoms with Crippen LogP contribution in [0, 0.1) is 11.3 Å². The minimum Gasteiger partial charge on any atom is -0.496 e. The van der Waals surface area contributed by atoms with Gasteiger partial charge in [0.2, 0.25) is 0 Å². The number of amides is 1. The van der Waals surface area contributed by atoms with E-state index in [0.717, 1.165) is 5.56 Å². The molecule has 27 heavy (non-hydrogen) atoms. The highest BCUT2D eigenvalue weighted by Gasteiger charge is 2.26. The molecule has 0 aliphatic carbocycles. The molecule has 0 fully saturated rings. The van der Waals surface area contributed by atoms with Crippen molar-refractivity contribution >= 4 is 5.91 Å². The number of carbonyl (C=O) groups excluding carboxylic acids is 1. The third kappa shape index (κ3) is 4.14. The zero-order valence-electron chi connectivity index (χ0n) is 16.3. The van der Waals surface area contributed by atoms with E-state index in [1.54, 1.807) is 29.2 Å². The van der Waals surface area contributed by atoms with Crippen molar-refractivity contribution in [2.24, 2.45) is 0 Å². The lowest BCUT2D eigenvalue weighted by Crippen LogP contribution is -2.33. The van der Waals surface area contributed by atoms with Gasteiger partial charge in [-0.3, -0.25) is 4.79 Å². The van der Waals surface area contributed by atoms with Crippen molar-refractivity contribution in [2.45, 2.75) is 19.9 Å². The van der Waals surface area contributed by atoms with Gasteiger partial charge in [-0.25, -0.2) is 0 Å². The number of carbonyl (C=O) groups is 1. The van der Waals surface area contributed by atoms with Gasteiger partial charge in [0.15, 0.2) is 11.5 Å². The molecule has 2 rings (SSSR count). The summed E-state index contributed by atoms with van der Waals surface area (Å²) in [6.07, 6.45) is 0. The van der Waals surface area contributed by atoms with Crippen molar-refractivity contribution in [1.82, 2.24) is 4.90 Å². The van der Waals surface area contributed by atoms with Crippen molar-refractivity contribution < 1.29 is 19.0 Å². The molecule has 0 saturated heterocycles. The first-order valence-corrected chi connectivity index (χ1v) is 8.61. The smallest absolute Gasteiger partial charge is 0.258 e. The molecule has 1 unspecified atom stereocenters. The van der Waals surface area contributed by atoms with E-state index in [-0.39, 0.29) is 11.9 Å². The maximum Gasteiger partial charge on any atom is 0.258 e. The van der Waals surface area contributed by atoms with Crippen molar-refractivity contribution in [3.8, 4) is 23.3 Å². The second-order valence-corrected chi connectivity index (χ2v) is 5.91. The van der Waals surface area contributed by atoms with Crippen LogP contribution in [-0.2, 0) is 0 Å². The number of rotatable bonds is 7. The largest absolute Gasteiger partial charge is 0.496 e. The van der Waals surface area contributed by atoms with E-state index < -0.39 is 0 Å². The summed E-state index contributed by atoms with van der Waals surface area (Å²) in [4.78, 5) is 15.0. The first-order chi connectivity index (χ1) is 13.0. The van der Waals surface area contributed by atoms with Crippen LogP contribution in [-0.4, -0.2) is 38.7 Å². The SMILES string of the molecule is CCN(C(=O)c1cc(OC)c(OC)cc1OC)C(C)c1ccc(C#N)cc1. The van der Waals surface area contributed by atoms with E-state index in [2.05, 4.69) is 6.07 Å².